The third-order valence-electron chi connectivity index (χ3n) is 3.12. The Labute approximate surface area is 117 Å². The molecule has 0 radical (unpaired) electrons. The molecule has 0 saturated heterocycles. The minimum atomic E-state index is -0.530. The predicted molar refractivity (Wildman–Crippen MR) is 77.5 cm³/mol. The zero-order chi connectivity index (χ0) is 14.9. The van der Waals surface area contributed by atoms with E-state index in [-0.39, 0.29) is 11.3 Å². The van der Waals surface area contributed by atoms with Crippen molar-refractivity contribution in [3.8, 4) is 22.6 Å². The first-order valence-corrected chi connectivity index (χ1v) is 6.52. The van der Waals surface area contributed by atoms with E-state index < -0.39 is 5.63 Å². The van der Waals surface area contributed by atoms with Crippen LogP contribution in [0.1, 0.15) is 23.8 Å². The fourth-order valence-electron chi connectivity index (χ4n) is 2.39. The van der Waals surface area contributed by atoms with Crippen LogP contribution in [-0.2, 0) is 0 Å². The van der Waals surface area contributed by atoms with Gasteiger partial charge in [0.15, 0.2) is 0 Å². The van der Waals surface area contributed by atoms with E-state index in [4.69, 9.17) is 9.15 Å². The van der Waals surface area contributed by atoms with Crippen molar-refractivity contribution in [2.24, 2.45) is 0 Å². The lowest BCUT2D eigenvalue weighted by Crippen LogP contribution is -2.06. The van der Waals surface area contributed by atoms with Crippen LogP contribution in [-0.4, -0.2) is 11.7 Å². The van der Waals surface area contributed by atoms with Gasteiger partial charge in [-0.2, -0.15) is 0 Å². The molecule has 0 saturated carbocycles. The van der Waals surface area contributed by atoms with Gasteiger partial charge in [0.2, 0.25) is 0 Å². The lowest BCUT2D eigenvalue weighted by atomic mass is 9.96. The average Bonchev–Trinajstić information content (AvgIpc) is 2.31. The zero-order valence-electron chi connectivity index (χ0n) is 12.1. The molecule has 0 atom stereocenters. The number of hydrogen-bond donors (Lipinski definition) is 1. The molecule has 0 aliphatic rings. The summed E-state index contributed by atoms with van der Waals surface area (Å²) in [7, 11) is 0. The monoisotopic (exact) mass is 274 g/mol. The molecule has 1 aromatic heterocycles. The summed E-state index contributed by atoms with van der Waals surface area (Å²) < 4.78 is 10.6. The standard InChI is InChI=1S/C16H18O4/c1-5-19-12-6-9(2)14(10(3)7-12)15-13(17)8-11(4)20-16(15)18/h6-8,17H,5H2,1-4H3. The van der Waals surface area contributed by atoms with Gasteiger partial charge in [0, 0.05) is 6.07 Å². The highest BCUT2D eigenvalue weighted by atomic mass is 16.5. The molecule has 0 spiro atoms. The van der Waals surface area contributed by atoms with Crippen molar-refractivity contribution in [1.29, 1.82) is 0 Å². The molecule has 0 aliphatic carbocycles. The molecular weight excluding hydrogens is 256 g/mol. The lowest BCUT2D eigenvalue weighted by Gasteiger charge is -2.13. The van der Waals surface area contributed by atoms with Crippen LogP contribution < -0.4 is 10.4 Å². The van der Waals surface area contributed by atoms with E-state index in [0.29, 0.717) is 17.9 Å². The molecule has 4 nitrogen and oxygen atoms in total. The van der Waals surface area contributed by atoms with Gasteiger partial charge < -0.3 is 14.3 Å². The third-order valence-corrected chi connectivity index (χ3v) is 3.12. The van der Waals surface area contributed by atoms with E-state index in [1.807, 2.05) is 32.9 Å². The molecule has 0 aliphatic heterocycles. The van der Waals surface area contributed by atoms with Gasteiger partial charge in [-0.1, -0.05) is 0 Å². The Kier molecular flexibility index (Phi) is 3.84. The van der Waals surface area contributed by atoms with Gasteiger partial charge in [0.05, 0.1) is 6.61 Å². The highest BCUT2D eigenvalue weighted by molar-refractivity contribution is 5.75. The largest absolute Gasteiger partial charge is 0.507 e. The first kappa shape index (κ1) is 14.2. The van der Waals surface area contributed by atoms with Crippen LogP contribution >= 0.6 is 0 Å². The van der Waals surface area contributed by atoms with Gasteiger partial charge >= 0.3 is 5.63 Å². The maximum absolute atomic E-state index is 12.0. The Balaban J connectivity index is 2.68. The summed E-state index contributed by atoms with van der Waals surface area (Å²) in [6, 6.07) is 5.15. The van der Waals surface area contributed by atoms with Gasteiger partial charge in [-0.15, -0.1) is 0 Å². The predicted octanol–water partition coefficient (Wildman–Crippen LogP) is 3.34. The number of ether oxygens (including phenoxy) is 1. The zero-order valence-corrected chi connectivity index (χ0v) is 12.1. The smallest absolute Gasteiger partial charge is 0.347 e. The minimum Gasteiger partial charge on any atom is -0.507 e. The van der Waals surface area contributed by atoms with Crippen LogP contribution in [0.3, 0.4) is 0 Å². The fraction of sp³-hybridized carbons (Fsp3) is 0.312. The molecule has 0 amide bonds. The normalized spacial score (nSPS) is 10.6. The Bertz CT molecular complexity index is 675. The van der Waals surface area contributed by atoms with Crippen molar-refractivity contribution in [3.05, 3.63) is 45.5 Å². The summed E-state index contributed by atoms with van der Waals surface area (Å²) in [5.74, 6) is 1.08. The number of hydrogen-bond acceptors (Lipinski definition) is 4. The topological polar surface area (TPSA) is 59.7 Å². The fourth-order valence-corrected chi connectivity index (χ4v) is 2.39. The molecule has 2 aromatic rings. The van der Waals surface area contributed by atoms with Crippen molar-refractivity contribution in [1.82, 2.24) is 0 Å². The van der Waals surface area contributed by atoms with Gasteiger partial charge in [-0.25, -0.2) is 4.79 Å². The second kappa shape index (κ2) is 5.41. The average molecular weight is 274 g/mol. The van der Waals surface area contributed by atoms with E-state index in [0.717, 1.165) is 16.9 Å². The second-order valence-corrected chi connectivity index (χ2v) is 4.77. The molecule has 4 heteroatoms. The molecule has 0 unspecified atom stereocenters. The Morgan fingerprint density at radius 1 is 1.10 bits per heavy atom. The summed E-state index contributed by atoms with van der Waals surface area (Å²) in [6.45, 7) is 7.88. The molecule has 0 fully saturated rings. The van der Waals surface area contributed by atoms with Crippen LogP contribution in [0.15, 0.2) is 27.4 Å². The number of rotatable bonds is 3. The van der Waals surface area contributed by atoms with E-state index >= 15 is 0 Å². The summed E-state index contributed by atoms with van der Waals surface area (Å²) in [5.41, 5.74) is 2.09. The molecule has 1 heterocycles. The van der Waals surface area contributed by atoms with Crippen LogP contribution in [0.25, 0.3) is 11.1 Å². The minimum absolute atomic E-state index is 0.0610. The highest BCUT2D eigenvalue weighted by Crippen LogP contribution is 2.34. The van der Waals surface area contributed by atoms with Crippen LogP contribution in [0.2, 0.25) is 0 Å². The Hall–Kier alpha value is -2.23. The van der Waals surface area contributed by atoms with Crippen molar-refractivity contribution in [2.45, 2.75) is 27.7 Å². The first-order valence-electron chi connectivity index (χ1n) is 6.52. The van der Waals surface area contributed by atoms with Gasteiger partial charge in [-0.05, 0) is 56.5 Å². The maximum Gasteiger partial charge on any atom is 0.347 e. The third kappa shape index (κ3) is 2.54. The van der Waals surface area contributed by atoms with Gasteiger partial charge in [-0.3, -0.25) is 0 Å². The summed E-state index contributed by atoms with van der Waals surface area (Å²) in [5, 5.41) is 10.1. The van der Waals surface area contributed by atoms with Crippen molar-refractivity contribution in [3.63, 3.8) is 0 Å². The number of aryl methyl sites for hydroxylation is 3. The molecule has 0 bridgehead atoms. The molecular formula is C16H18O4. The number of aromatic hydroxyl groups is 1. The Morgan fingerprint density at radius 2 is 1.70 bits per heavy atom. The Morgan fingerprint density at radius 3 is 2.20 bits per heavy atom. The lowest BCUT2D eigenvalue weighted by molar-refractivity contribution is 0.340. The van der Waals surface area contributed by atoms with E-state index in [1.165, 1.54) is 6.07 Å². The molecule has 20 heavy (non-hydrogen) atoms. The summed E-state index contributed by atoms with van der Waals surface area (Å²) >= 11 is 0. The van der Waals surface area contributed by atoms with Crippen LogP contribution in [0, 0.1) is 20.8 Å². The van der Waals surface area contributed by atoms with Crippen molar-refractivity contribution < 1.29 is 14.3 Å². The molecule has 1 aromatic carbocycles. The van der Waals surface area contributed by atoms with E-state index in [1.54, 1.807) is 6.92 Å². The first-order chi connectivity index (χ1) is 9.43. The van der Waals surface area contributed by atoms with Gasteiger partial charge in [0.25, 0.3) is 0 Å². The molecule has 106 valence electrons. The van der Waals surface area contributed by atoms with Crippen LogP contribution in [0.4, 0.5) is 0 Å². The molecule has 1 N–H and O–H groups in total. The summed E-state index contributed by atoms with van der Waals surface area (Å²) in [4.78, 5) is 12.0. The van der Waals surface area contributed by atoms with Gasteiger partial charge in [0.1, 0.15) is 22.8 Å². The summed E-state index contributed by atoms with van der Waals surface area (Å²) in [6.07, 6.45) is 0. The molecule has 2 rings (SSSR count). The number of benzene rings is 1. The van der Waals surface area contributed by atoms with Crippen LogP contribution in [0.5, 0.6) is 11.5 Å². The second-order valence-electron chi connectivity index (χ2n) is 4.77. The van der Waals surface area contributed by atoms with E-state index in [9.17, 15) is 9.90 Å². The quantitative estimate of drug-likeness (QED) is 0.932. The van der Waals surface area contributed by atoms with E-state index in [2.05, 4.69) is 0 Å². The van der Waals surface area contributed by atoms with Crippen molar-refractivity contribution >= 4 is 0 Å². The van der Waals surface area contributed by atoms with Crippen molar-refractivity contribution in [2.75, 3.05) is 6.61 Å². The SMILES string of the molecule is CCOc1cc(C)c(-c2c(O)cc(C)oc2=O)c(C)c1. The highest BCUT2D eigenvalue weighted by Gasteiger charge is 2.17. The maximum atomic E-state index is 12.0.